The van der Waals surface area contributed by atoms with Crippen molar-refractivity contribution in [3.05, 3.63) is 86.4 Å². The van der Waals surface area contributed by atoms with Crippen LogP contribution in [0.4, 0.5) is 10.8 Å². The lowest BCUT2D eigenvalue weighted by Crippen LogP contribution is -2.11. The molecule has 0 radical (unpaired) electrons. The number of aromatic nitrogens is 1. The van der Waals surface area contributed by atoms with Crippen molar-refractivity contribution in [2.75, 3.05) is 5.32 Å². The van der Waals surface area contributed by atoms with Gasteiger partial charge < -0.3 is 0 Å². The molecule has 0 saturated carbocycles. The number of nitro benzene ring substituents is 1. The number of carbonyl (C=O) groups excluding carboxylic acids is 1. The summed E-state index contributed by atoms with van der Waals surface area (Å²) in [6.07, 6.45) is 0.534. The Kier molecular flexibility index (Phi) is 4.85. The van der Waals surface area contributed by atoms with E-state index in [9.17, 15) is 14.9 Å². The summed E-state index contributed by atoms with van der Waals surface area (Å²) in [6.45, 7) is 1.86. The first-order valence-corrected chi connectivity index (χ1v) is 8.40. The highest BCUT2D eigenvalue weighted by atomic mass is 32.1. The molecule has 3 aromatic rings. The smallest absolute Gasteiger partial charge is 0.269 e. The zero-order chi connectivity index (χ0) is 17.8. The van der Waals surface area contributed by atoms with Crippen LogP contribution in [-0.4, -0.2) is 15.8 Å². The van der Waals surface area contributed by atoms with Gasteiger partial charge in [-0.15, -0.1) is 11.3 Å². The largest absolute Gasteiger partial charge is 0.298 e. The Balaban J connectivity index is 1.75. The molecule has 0 spiro atoms. The number of aryl methyl sites for hydroxylation is 1. The summed E-state index contributed by atoms with van der Waals surface area (Å²) >= 11 is 1.38. The Morgan fingerprint density at radius 3 is 2.68 bits per heavy atom. The van der Waals surface area contributed by atoms with Gasteiger partial charge in [0.15, 0.2) is 5.13 Å². The number of hydrogen-bond acceptors (Lipinski definition) is 5. The summed E-state index contributed by atoms with van der Waals surface area (Å²) in [5.74, 6) is -0.212. The van der Waals surface area contributed by atoms with Crippen LogP contribution in [0.3, 0.4) is 0 Å². The number of nitro groups is 1. The second-order valence-corrected chi connectivity index (χ2v) is 6.54. The van der Waals surface area contributed by atoms with Crippen LogP contribution in [0.5, 0.6) is 0 Å². The normalized spacial score (nSPS) is 10.4. The van der Waals surface area contributed by atoms with Crippen LogP contribution in [0.1, 0.15) is 26.5 Å². The maximum Gasteiger partial charge on any atom is 0.269 e. The number of non-ortho nitro benzene ring substituents is 1. The Hall–Kier alpha value is -3.06. The van der Waals surface area contributed by atoms with Crippen LogP contribution in [0.25, 0.3) is 0 Å². The molecule has 3 rings (SSSR count). The van der Waals surface area contributed by atoms with Crippen LogP contribution in [0, 0.1) is 17.0 Å². The molecule has 0 aliphatic rings. The number of amides is 1. The van der Waals surface area contributed by atoms with E-state index in [4.69, 9.17) is 0 Å². The number of nitrogens with one attached hydrogen (secondary N) is 1. The summed E-state index contributed by atoms with van der Waals surface area (Å²) in [7, 11) is 0. The molecule has 0 fully saturated rings. The van der Waals surface area contributed by atoms with Gasteiger partial charge in [-0.25, -0.2) is 4.98 Å². The molecule has 0 aliphatic heterocycles. The molecule has 1 amide bonds. The van der Waals surface area contributed by atoms with Crippen LogP contribution < -0.4 is 5.32 Å². The first-order valence-electron chi connectivity index (χ1n) is 7.59. The fraction of sp³-hybridized carbons (Fsp3) is 0.111. The number of hydrogen-bond donors (Lipinski definition) is 1. The van der Waals surface area contributed by atoms with Gasteiger partial charge in [0.25, 0.3) is 11.6 Å². The molecular formula is C18H15N3O3S. The minimum Gasteiger partial charge on any atom is -0.298 e. The van der Waals surface area contributed by atoms with Crippen molar-refractivity contribution in [2.45, 2.75) is 13.3 Å². The summed E-state index contributed by atoms with van der Waals surface area (Å²) in [5.41, 5.74) is 2.27. The number of benzene rings is 2. The lowest BCUT2D eigenvalue weighted by atomic mass is 10.1. The molecule has 0 unspecified atom stereocenters. The highest BCUT2D eigenvalue weighted by Crippen LogP contribution is 2.26. The molecule has 0 aliphatic carbocycles. The van der Waals surface area contributed by atoms with E-state index < -0.39 is 4.92 Å². The van der Waals surface area contributed by atoms with Gasteiger partial charge in [-0.2, -0.15) is 0 Å². The van der Waals surface area contributed by atoms with Crippen molar-refractivity contribution in [1.29, 1.82) is 0 Å². The third-order valence-electron chi connectivity index (χ3n) is 3.64. The topological polar surface area (TPSA) is 85.1 Å². The zero-order valence-electron chi connectivity index (χ0n) is 13.4. The first kappa shape index (κ1) is 16.8. The lowest BCUT2D eigenvalue weighted by Gasteiger charge is -2.01. The summed E-state index contributed by atoms with van der Waals surface area (Å²) < 4.78 is 0. The zero-order valence-corrected chi connectivity index (χ0v) is 14.2. The van der Waals surface area contributed by atoms with Crippen molar-refractivity contribution in [3.8, 4) is 0 Å². The van der Waals surface area contributed by atoms with Crippen molar-refractivity contribution in [3.63, 3.8) is 0 Å². The predicted octanol–water partition coefficient (Wildman–Crippen LogP) is 4.20. The molecule has 6 nitrogen and oxygen atoms in total. The molecule has 1 N–H and O–H groups in total. The quantitative estimate of drug-likeness (QED) is 0.550. The second kappa shape index (κ2) is 7.23. The van der Waals surface area contributed by atoms with Gasteiger partial charge in [-0.1, -0.05) is 30.3 Å². The van der Waals surface area contributed by atoms with Crippen LogP contribution in [0.2, 0.25) is 0 Å². The van der Waals surface area contributed by atoms with E-state index in [1.807, 2.05) is 19.1 Å². The van der Waals surface area contributed by atoms with E-state index in [1.165, 1.54) is 17.4 Å². The molecular weight excluding hydrogens is 338 g/mol. The third-order valence-corrected chi connectivity index (χ3v) is 4.71. The summed E-state index contributed by atoms with van der Waals surface area (Å²) in [4.78, 5) is 28.0. The Bertz CT molecular complexity index is 922. The molecule has 7 heteroatoms. The predicted molar refractivity (Wildman–Crippen MR) is 97.1 cm³/mol. The van der Waals surface area contributed by atoms with Crippen LogP contribution >= 0.6 is 11.3 Å². The van der Waals surface area contributed by atoms with E-state index in [0.717, 1.165) is 16.1 Å². The summed E-state index contributed by atoms with van der Waals surface area (Å²) in [6, 6.07) is 15.5. The molecule has 1 heterocycles. The van der Waals surface area contributed by atoms with Gasteiger partial charge in [0.1, 0.15) is 0 Å². The molecule has 126 valence electrons. The highest BCUT2D eigenvalue weighted by molar-refractivity contribution is 7.15. The van der Waals surface area contributed by atoms with Gasteiger partial charge in [-0.3, -0.25) is 20.2 Å². The Morgan fingerprint density at radius 1 is 1.20 bits per heavy atom. The van der Waals surface area contributed by atoms with Gasteiger partial charge in [0.2, 0.25) is 0 Å². The van der Waals surface area contributed by atoms with E-state index in [0.29, 0.717) is 17.1 Å². The molecule has 1 aromatic heterocycles. The lowest BCUT2D eigenvalue weighted by molar-refractivity contribution is -0.384. The van der Waals surface area contributed by atoms with Gasteiger partial charge in [-0.05, 0) is 24.6 Å². The second-order valence-electron chi connectivity index (χ2n) is 5.45. The van der Waals surface area contributed by atoms with E-state index in [2.05, 4.69) is 10.3 Å². The fourth-order valence-electron chi connectivity index (χ4n) is 2.37. The van der Waals surface area contributed by atoms with Crippen LogP contribution in [0.15, 0.2) is 54.6 Å². The van der Waals surface area contributed by atoms with Gasteiger partial charge in [0.05, 0.1) is 10.6 Å². The molecule has 2 aromatic carbocycles. The van der Waals surface area contributed by atoms with Crippen molar-refractivity contribution in [2.24, 2.45) is 0 Å². The van der Waals surface area contributed by atoms with E-state index in [1.54, 1.807) is 36.4 Å². The number of carbonyl (C=O) groups is 1. The minimum absolute atomic E-state index is 0.0669. The average Bonchev–Trinajstić information content (AvgIpc) is 2.95. The number of rotatable bonds is 5. The standard InChI is InChI=1S/C18H15N3O3S/c1-12-16(11-13-6-5-9-15(10-13)21(23)24)25-18(19-12)20-17(22)14-7-3-2-4-8-14/h2-10H,11H2,1H3,(H,19,20,22). The SMILES string of the molecule is Cc1nc(NC(=O)c2ccccc2)sc1Cc1cccc([N+](=O)[O-])c1. The van der Waals surface area contributed by atoms with Crippen molar-refractivity contribution in [1.82, 2.24) is 4.98 Å². The van der Waals surface area contributed by atoms with E-state index >= 15 is 0 Å². The first-order chi connectivity index (χ1) is 12.0. The molecule has 0 saturated heterocycles. The monoisotopic (exact) mass is 353 g/mol. The van der Waals surface area contributed by atoms with Gasteiger partial charge >= 0.3 is 0 Å². The molecule has 0 atom stereocenters. The Morgan fingerprint density at radius 2 is 1.96 bits per heavy atom. The number of nitrogens with zero attached hydrogens (tertiary/aromatic N) is 2. The molecule has 0 bridgehead atoms. The average molecular weight is 353 g/mol. The number of thiazole rings is 1. The number of anilines is 1. The van der Waals surface area contributed by atoms with Crippen molar-refractivity contribution < 1.29 is 9.72 Å². The maximum atomic E-state index is 12.2. The Labute approximate surface area is 148 Å². The fourth-order valence-corrected chi connectivity index (χ4v) is 3.36. The van der Waals surface area contributed by atoms with Gasteiger partial charge in [0, 0.05) is 29.0 Å². The van der Waals surface area contributed by atoms with Crippen molar-refractivity contribution >= 4 is 28.1 Å². The van der Waals surface area contributed by atoms with Crippen LogP contribution in [-0.2, 0) is 6.42 Å². The molecule has 25 heavy (non-hydrogen) atoms. The minimum atomic E-state index is -0.408. The van der Waals surface area contributed by atoms with E-state index in [-0.39, 0.29) is 11.6 Å². The summed E-state index contributed by atoms with van der Waals surface area (Å²) in [5, 5.41) is 14.2. The highest BCUT2D eigenvalue weighted by Gasteiger charge is 2.13. The maximum absolute atomic E-state index is 12.2. The third kappa shape index (κ3) is 4.07.